The van der Waals surface area contributed by atoms with Crippen LogP contribution in [-0.2, 0) is 4.79 Å². The van der Waals surface area contributed by atoms with Crippen molar-refractivity contribution in [1.29, 1.82) is 5.41 Å². The normalized spacial score (nSPS) is 32.6. The van der Waals surface area contributed by atoms with Gasteiger partial charge in [0.15, 0.2) is 17.3 Å². The lowest BCUT2D eigenvalue weighted by atomic mass is 9.50. The van der Waals surface area contributed by atoms with Crippen molar-refractivity contribution in [3.8, 4) is 17.2 Å². The fourth-order valence-electron chi connectivity index (χ4n) is 6.93. The number of nitrogens with zero attached hydrogens (tertiary/aromatic N) is 3. The highest BCUT2D eigenvalue weighted by atomic mass is 32.2. The Hall–Kier alpha value is -2.81. The molecule has 9 heteroatoms. The number of amides is 1. The van der Waals surface area contributed by atoms with E-state index in [1.807, 2.05) is 0 Å². The molecule has 1 amide bonds. The van der Waals surface area contributed by atoms with Gasteiger partial charge in [0.05, 0.1) is 26.9 Å². The summed E-state index contributed by atoms with van der Waals surface area (Å²) < 4.78 is 16.2. The molecule has 178 valence electrons. The summed E-state index contributed by atoms with van der Waals surface area (Å²) in [4.78, 5) is 17.3. The van der Waals surface area contributed by atoms with Gasteiger partial charge in [-0.2, -0.15) is 15.1 Å². The van der Waals surface area contributed by atoms with Crippen LogP contribution in [0, 0.1) is 28.6 Å². The van der Waals surface area contributed by atoms with Gasteiger partial charge in [-0.1, -0.05) is 0 Å². The molecule has 0 atom stereocenters. The highest BCUT2D eigenvalue weighted by molar-refractivity contribution is 8.27. The Balaban J connectivity index is 1.33. The van der Waals surface area contributed by atoms with Crippen molar-refractivity contribution in [1.82, 2.24) is 5.01 Å². The molecule has 4 aliphatic carbocycles. The number of fused-ring (bicyclic) bond motifs is 1. The van der Waals surface area contributed by atoms with Gasteiger partial charge in [0.25, 0.3) is 5.91 Å². The summed E-state index contributed by atoms with van der Waals surface area (Å²) >= 11 is 1.50. The van der Waals surface area contributed by atoms with Gasteiger partial charge in [-0.25, -0.2) is 0 Å². The molecule has 1 aromatic rings. The Morgan fingerprint density at radius 3 is 2.15 bits per heavy atom. The fourth-order valence-corrected chi connectivity index (χ4v) is 8.04. The van der Waals surface area contributed by atoms with E-state index in [0.29, 0.717) is 28.0 Å². The SMILES string of the molecule is COc1cc(/C=C2/C(=N)N3N=C(C45CC6CC(CC(C6)C4)C5)SC3=NC2=O)cc(OC)c1OC. The van der Waals surface area contributed by atoms with Crippen molar-refractivity contribution >= 4 is 39.8 Å². The number of hydrazone groups is 1. The lowest BCUT2D eigenvalue weighted by Gasteiger charge is -2.56. The van der Waals surface area contributed by atoms with Crippen LogP contribution in [0.5, 0.6) is 17.2 Å². The first kappa shape index (κ1) is 21.7. The molecule has 0 radical (unpaired) electrons. The molecule has 1 aromatic carbocycles. The van der Waals surface area contributed by atoms with Crippen LogP contribution in [0.2, 0.25) is 0 Å². The number of hydrogen-bond donors (Lipinski definition) is 1. The maximum atomic E-state index is 13.0. The van der Waals surface area contributed by atoms with Gasteiger partial charge < -0.3 is 14.2 Å². The second-order valence-corrected chi connectivity index (χ2v) is 11.0. The molecule has 8 nitrogen and oxygen atoms in total. The summed E-state index contributed by atoms with van der Waals surface area (Å²) in [6.45, 7) is 0. The Morgan fingerprint density at radius 1 is 1.03 bits per heavy atom. The number of thioether (sulfide) groups is 1. The topological polar surface area (TPSA) is 96.6 Å². The van der Waals surface area contributed by atoms with Gasteiger partial charge in [0.1, 0.15) is 5.04 Å². The van der Waals surface area contributed by atoms with Crippen molar-refractivity contribution in [2.45, 2.75) is 38.5 Å². The summed E-state index contributed by atoms with van der Waals surface area (Å²) in [6.07, 6.45) is 9.26. The molecule has 34 heavy (non-hydrogen) atoms. The molecule has 4 bridgehead atoms. The number of nitrogens with one attached hydrogen (secondary N) is 1. The minimum atomic E-state index is -0.431. The number of aliphatic imine (C=N–C) groups is 1. The Labute approximate surface area is 202 Å². The number of methoxy groups -OCH3 is 3. The molecule has 4 saturated carbocycles. The summed E-state index contributed by atoms with van der Waals surface area (Å²) in [5, 5.41) is 16.8. The van der Waals surface area contributed by atoms with Crippen LogP contribution >= 0.6 is 11.8 Å². The highest BCUT2D eigenvalue weighted by Gasteiger charge is 2.55. The van der Waals surface area contributed by atoms with Crippen LogP contribution < -0.4 is 14.2 Å². The van der Waals surface area contributed by atoms with E-state index in [-0.39, 0.29) is 16.8 Å². The first-order chi connectivity index (χ1) is 16.4. The van der Waals surface area contributed by atoms with E-state index in [1.165, 1.54) is 50.3 Å². The third-order valence-electron chi connectivity index (χ3n) is 7.94. The number of rotatable bonds is 5. The smallest absolute Gasteiger partial charge is 0.283 e. The monoisotopic (exact) mass is 480 g/mol. The molecular weight excluding hydrogens is 452 g/mol. The largest absolute Gasteiger partial charge is 0.493 e. The predicted octanol–water partition coefficient (Wildman–Crippen LogP) is 4.55. The maximum Gasteiger partial charge on any atom is 0.283 e. The van der Waals surface area contributed by atoms with E-state index in [1.54, 1.807) is 44.5 Å². The average molecular weight is 481 g/mol. The van der Waals surface area contributed by atoms with Crippen molar-refractivity contribution in [2.24, 2.45) is 33.3 Å². The predicted molar refractivity (Wildman–Crippen MR) is 132 cm³/mol. The van der Waals surface area contributed by atoms with Gasteiger partial charge in [-0.05, 0) is 91.8 Å². The Kier molecular flexibility index (Phi) is 5.02. The first-order valence-corrected chi connectivity index (χ1v) is 12.6. The van der Waals surface area contributed by atoms with E-state index in [4.69, 9.17) is 24.7 Å². The lowest BCUT2D eigenvalue weighted by Crippen LogP contribution is -2.49. The summed E-state index contributed by atoms with van der Waals surface area (Å²) in [7, 11) is 4.63. The quantitative estimate of drug-likeness (QED) is 0.621. The van der Waals surface area contributed by atoms with Gasteiger partial charge in [0, 0.05) is 5.41 Å². The Bertz CT molecular complexity index is 1130. The maximum absolute atomic E-state index is 13.0. The molecule has 6 aliphatic rings. The minimum absolute atomic E-state index is 0.0518. The van der Waals surface area contributed by atoms with E-state index in [0.717, 1.165) is 22.8 Å². The van der Waals surface area contributed by atoms with Crippen molar-refractivity contribution in [2.75, 3.05) is 21.3 Å². The van der Waals surface area contributed by atoms with Crippen LogP contribution in [0.4, 0.5) is 0 Å². The first-order valence-electron chi connectivity index (χ1n) is 11.7. The molecule has 0 saturated heterocycles. The zero-order valence-electron chi connectivity index (χ0n) is 19.6. The second kappa shape index (κ2) is 7.86. The fraction of sp³-hybridized carbons (Fsp3) is 0.520. The van der Waals surface area contributed by atoms with Gasteiger partial charge >= 0.3 is 0 Å². The standard InChI is InChI=1S/C25H28N4O4S/c1-31-18-8-13(9-19(32-2)20(18)33-3)7-17-21(26)29-24(27-22(17)30)34-23(28-29)25-10-14-4-15(11-25)6-16(5-14)12-25/h7-9,14-16,26H,4-6,10-12H2,1-3H3/b17-7-,26-21?. The summed E-state index contributed by atoms with van der Waals surface area (Å²) in [5.74, 6) is 3.44. The Morgan fingerprint density at radius 2 is 1.62 bits per heavy atom. The number of hydrogen-bond acceptors (Lipinski definition) is 7. The molecule has 0 unspecified atom stereocenters. The zero-order valence-corrected chi connectivity index (χ0v) is 20.4. The van der Waals surface area contributed by atoms with Crippen LogP contribution in [-0.4, -0.2) is 48.3 Å². The molecule has 0 aromatic heterocycles. The summed E-state index contributed by atoms with van der Waals surface area (Å²) in [6, 6.07) is 3.49. The van der Waals surface area contributed by atoms with Gasteiger partial charge in [-0.15, -0.1) is 0 Å². The van der Waals surface area contributed by atoms with Gasteiger partial charge in [-0.3, -0.25) is 10.2 Å². The van der Waals surface area contributed by atoms with Crippen LogP contribution in [0.3, 0.4) is 0 Å². The number of amidine groups is 2. The van der Waals surface area contributed by atoms with Crippen LogP contribution in [0.25, 0.3) is 6.08 Å². The van der Waals surface area contributed by atoms with E-state index >= 15 is 0 Å². The highest BCUT2D eigenvalue weighted by Crippen LogP contribution is 2.62. The molecule has 7 rings (SSSR count). The van der Waals surface area contributed by atoms with Crippen LogP contribution in [0.15, 0.2) is 27.8 Å². The average Bonchev–Trinajstić information content (AvgIpc) is 3.25. The molecule has 2 heterocycles. The van der Waals surface area contributed by atoms with E-state index in [2.05, 4.69) is 4.99 Å². The van der Waals surface area contributed by atoms with Crippen molar-refractivity contribution in [3.63, 3.8) is 0 Å². The van der Waals surface area contributed by atoms with Crippen LogP contribution in [0.1, 0.15) is 44.1 Å². The number of ether oxygens (including phenoxy) is 3. The van der Waals surface area contributed by atoms with Crippen molar-refractivity contribution in [3.05, 3.63) is 23.3 Å². The van der Waals surface area contributed by atoms with E-state index < -0.39 is 5.91 Å². The second-order valence-electron chi connectivity index (χ2n) is 10.1. The number of carbonyl (C=O) groups is 1. The molecule has 1 N–H and O–H groups in total. The minimum Gasteiger partial charge on any atom is -0.493 e. The van der Waals surface area contributed by atoms with Crippen molar-refractivity contribution < 1.29 is 19.0 Å². The third-order valence-corrected chi connectivity index (χ3v) is 9.10. The van der Waals surface area contributed by atoms with Gasteiger partial charge in [0.2, 0.25) is 10.9 Å². The number of benzene rings is 1. The summed E-state index contributed by atoms with van der Waals surface area (Å²) in [5.41, 5.74) is 0.941. The third kappa shape index (κ3) is 3.27. The molecule has 0 spiro atoms. The molecular formula is C25H28N4O4S. The zero-order chi connectivity index (χ0) is 23.6. The lowest BCUT2D eigenvalue weighted by molar-refractivity contribution is -0.114. The number of carbonyl (C=O) groups excluding carboxylic acids is 1. The molecule has 2 aliphatic heterocycles. The molecule has 4 fully saturated rings. The van der Waals surface area contributed by atoms with E-state index in [9.17, 15) is 4.79 Å².